The summed E-state index contributed by atoms with van der Waals surface area (Å²) in [5.41, 5.74) is 4.58. The summed E-state index contributed by atoms with van der Waals surface area (Å²) in [5, 5.41) is 14.4. The Balaban J connectivity index is 1.70. The summed E-state index contributed by atoms with van der Waals surface area (Å²) < 4.78 is 0. The maximum atomic E-state index is 10.7. The maximum Gasteiger partial charge on any atom is 0.410 e. The fourth-order valence-electron chi connectivity index (χ4n) is 2.16. The second-order valence-electron chi connectivity index (χ2n) is 5.13. The van der Waals surface area contributed by atoms with E-state index in [-0.39, 0.29) is 5.82 Å². The van der Waals surface area contributed by atoms with Crippen LogP contribution in [0.5, 0.6) is 0 Å². The van der Waals surface area contributed by atoms with E-state index in [1.807, 2.05) is 42.5 Å². The van der Waals surface area contributed by atoms with E-state index in [9.17, 15) is 4.79 Å². The zero-order valence-electron chi connectivity index (χ0n) is 13.2. The lowest BCUT2D eigenvalue weighted by Crippen LogP contribution is -2.08. The van der Waals surface area contributed by atoms with Crippen LogP contribution in [0.2, 0.25) is 0 Å². The molecule has 2 aromatic carbocycles. The molecule has 0 aliphatic rings. The minimum Gasteiger partial charge on any atom is -0.465 e. The van der Waals surface area contributed by atoms with Gasteiger partial charge in [-0.1, -0.05) is 42.3 Å². The van der Waals surface area contributed by atoms with Gasteiger partial charge in [-0.25, -0.2) is 9.78 Å². The SMILES string of the molecule is O=C(O)Nc1ncsc1C#Cc1cccc(NCc2ccccc2)c1. The summed E-state index contributed by atoms with van der Waals surface area (Å²) in [4.78, 5) is 15.3. The summed E-state index contributed by atoms with van der Waals surface area (Å²) in [5.74, 6) is 6.28. The molecule has 6 heteroatoms. The summed E-state index contributed by atoms with van der Waals surface area (Å²) in [7, 11) is 0. The number of hydrogen-bond acceptors (Lipinski definition) is 4. The minimum atomic E-state index is -1.15. The Morgan fingerprint density at radius 2 is 1.96 bits per heavy atom. The van der Waals surface area contributed by atoms with Crippen LogP contribution in [0.3, 0.4) is 0 Å². The highest BCUT2D eigenvalue weighted by atomic mass is 32.1. The van der Waals surface area contributed by atoms with Gasteiger partial charge in [0.25, 0.3) is 0 Å². The monoisotopic (exact) mass is 349 g/mol. The number of anilines is 2. The Bertz CT molecular complexity index is 926. The van der Waals surface area contributed by atoms with E-state index in [0.29, 0.717) is 4.88 Å². The molecule has 3 N–H and O–H groups in total. The van der Waals surface area contributed by atoms with E-state index in [0.717, 1.165) is 17.8 Å². The van der Waals surface area contributed by atoms with Gasteiger partial charge in [-0.15, -0.1) is 11.3 Å². The Morgan fingerprint density at radius 1 is 1.12 bits per heavy atom. The molecule has 0 aliphatic heterocycles. The highest BCUT2D eigenvalue weighted by Crippen LogP contribution is 2.18. The molecule has 0 saturated carbocycles. The lowest BCUT2D eigenvalue weighted by atomic mass is 10.2. The van der Waals surface area contributed by atoms with Crippen LogP contribution >= 0.6 is 11.3 Å². The Labute approximate surface area is 149 Å². The van der Waals surface area contributed by atoms with Crippen molar-refractivity contribution in [3.05, 3.63) is 76.1 Å². The van der Waals surface area contributed by atoms with Gasteiger partial charge in [0.1, 0.15) is 4.88 Å². The quantitative estimate of drug-likeness (QED) is 0.616. The number of nitrogens with one attached hydrogen (secondary N) is 2. The number of nitrogens with zero attached hydrogens (tertiary/aromatic N) is 1. The van der Waals surface area contributed by atoms with Gasteiger partial charge in [-0.05, 0) is 29.7 Å². The van der Waals surface area contributed by atoms with E-state index in [2.05, 4.69) is 39.6 Å². The maximum absolute atomic E-state index is 10.7. The third-order valence-corrected chi connectivity index (χ3v) is 4.06. The van der Waals surface area contributed by atoms with Crippen molar-refractivity contribution < 1.29 is 9.90 Å². The van der Waals surface area contributed by atoms with Crippen LogP contribution in [0.4, 0.5) is 16.3 Å². The van der Waals surface area contributed by atoms with Gasteiger partial charge in [-0.3, -0.25) is 5.32 Å². The van der Waals surface area contributed by atoms with Crippen molar-refractivity contribution in [3.8, 4) is 11.8 Å². The molecule has 0 spiro atoms. The molecule has 1 heterocycles. The molecule has 0 atom stereocenters. The molecule has 0 fully saturated rings. The van der Waals surface area contributed by atoms with E-state index in [4.69, 9.17) is 5.11 Å². The molecule has 5 nitrogen and oxygen atoms in total. The summed E-state index contributed by atoms with van der Waals surface area (Å²) in [6.07, 6.45) is -1.15. The first-order chi connectivity index (χ1) is 12.2. The van der Waals surface area contributed by atoms with Crippen molar-refractivity contribution in [2.45, 2.75) is 6.54 Å². The standard InChI is InChI=1S/C19H15N3O2S/c23-19(24)22-18-17(25-13-21-18)10-9-14-7-4-8-16(11-14)20-12-15-5-2-1-3-6-15/h1-8,11,13,20,22H,12H2,(H,23,24). The normalized spacial score (nSPS) is 9.76. The predicted molar refractivity (Wildman–Crippen MR) is 100.0 cm³/mol. The van der Waals surface area contributed by atoms with Crippen LogP contribution in [0.15, 0.2) is 60.1 Å². The second-order valence-corrected chi connectivity index (χ2v) is 5.98. The molecule has 3 rings (SSSR count). The number of thiazole rings is 1. The van der Waals surface area contributed by atoms with Crippen molar-refractivity contribution >= 4 is 28.9 Å². The Hall–Kier alpha value is -3.30. The Kier molecular flexibility index (Phi) is 5.29. The topological polar surface area (TPSA) is 74.2 Å². The molecule has 0 aliphatic carbocycles. The average Bonchev–Trinajstić information content (AvgIpc) is 3.06. The number of aromatic nitrogens is 1. The first kappa shape index (κ1) is 16.6. The fourth-order valence-corrected chi connectivity index (χ4v) is 2.75. The van der Waals surface area contributed by atoms with Crippen molar-refractivity contribution in [1.29, 1.82) is 0 Å². The number of amides is 1. The third-order valence-electron chi connectivity index (χ3n) is 3.32. The average molecular weight is 349 g/mol. The number of carboxylic acid groups (broad SMARTS) is 1. The van der Waals surface area contributed by atoms with Crippen molar-refractivity contribution in [1.82, 2.24) is 4.98 Å². The molecule has 0 unspecified atom stereocenters. The van der Waals surface area contributed by atoms with Crippen LogP contribution in [0.25, 0.3) is 0 Å². The van der Waals surface area contributed by atoms with Crippen molar-refractivity contribution in [3.63, 3.8) is 0 Å². The first-order valence-electron chi connectivity index (χ1n) is 7.54. The first-order valence-corrected chi connectivity index (χ1v) is 8.42. The molecular weight excluding hydrogens is 334 g/mol. The molecular formula is C19H15N3O2S. The molecule has 1 aromatic heterocycles. The number of carbonyl (C=O) groups is 1. The summed E-state index contributed by atoms with van der Waals surface area (Å²) in [6.45, 7) is 0.735. The van der Waals surface area contributed by atoms with Gasteiger partial charge in [0, 0.05) is 17.8 Å². The van der Waals surface area contributed by atoms with Gasteiger partial charge < -0.3 is 10.4 Å². The number of benzene rings is 2. The van der Waals surface area contributed by atoms with Crippen molar-refractivity contribution in [2.75, 3.05) is 10.6 Å². The molecule has 124 valence electrons. The van der Waals surface area contributed by atoms with Crippen LogP contribution in [0.1, 0.15) is 16.0 Å². The lowest BCUT2D eigenvalue weighted by Gasteiger charge is -2.06. The van der Waals surface area contributed by atoms with Gasteiger partial charge in [0.15, 0.2) is 5.82 Å². The number of rotatable bonds is 4. The molecule has 0 saturated heterocycles. The highest BCUT2D eigenvalue weighted by molar-refractivity contribution is 7.10. The van der Waals surface area contributed by atoms with E-state index in [1.165, 1.54) is 16.9 Å². The predicted octanol–water partition coefficient (Wildman–Crippen LogP) is 4.24. The van der Waals surface area contributed by atoms with E-state index < -0.39 is 6.09 Å². The van der Waals surface area contributed by atoms with Crippen LogP contribution in [0, 0.1) is 11.8 Å². The van der Waals surface area contributed by atoms with Crippen LogP contribution in [-0.4, -0.2) is 16.2 Å². The minimum absolute atomic E-state index is 0.267. The second kappa shape index (κ2) is 7.99. The van der Waals surface area contributed by atoms with Gasteiger partial charge >= 0.3 is 6.09 Å². The zero-order valence-corrected chi connectivity index (χ0v) is 14.0. The zero-order chi connectivity index (χ0) is 17.5. The van der Waals surface area contributed by atoms with Crippen LogP contribution in [-0.2, 0) is 6.54 Å². The van der Waals surface area contributed by atoms with Crippen molar-refractivity contribution in [2.24, 2.45) is 0 Å². The number of hydrogen-bond donors (Lipinski definition) is 3. The van der Waals surface area contributed by atoms with Crippen LogP contribution < -0.4 is 10.6 Å². The van der Waals surface area contributed by atoms with E-state index in [1.54, 1.807) is 5.51 Å². The molecule has 3 aromatic rings. The molecule has 25 heavy (non-hydrogen) atoms. The smallest absolute Gasteiger partial charge is 0.410 e. The third kappa shape index (κ3) is 4.83. The lowest BCUT2D eigenvalue weighted by molar-refractivity contribution is 0.209. The largest absolute Gasteiger partial charge is 0.465 e. The molecule has 0 radical (unpaired) electrons. The Morgan fingerprint density at radius 3 is 2.76 bits per heavy atom. The highest BCUT2D eigenvalue weighted by Gasteiger charge is 2.06. The van der Waals surface area contributed by atoms with E-state index >= 15 is 0 Å². The van der Waals surface area contributed by atoms with Gasteiger partial charge in [0.05, 0.1) is 5.51 Å². The fraction of sp³-hybridized carbons (Fsp3) is 0.0526. The van der Waals surface area contributed by atoms with Gasteiger partial charge in [0.2, 0.25) is 0 Å². The summed E-state index contributed by atoms with van der Waals surface area (Å²) >= 11 is 1.30. The molecule has 0 bridgehead atoms. The molecule has 1 amide bonds. The van der Waals surface area contributed by atoms with Gasteiger partial charge in [-0.2, -0.15) is 0 Å². The summed E-state index contributed by atoms with van der Waals surface area (Å²) in [6, 6.07) is 17.9.